The van der Waals surface area contributed by atoms with Crippen molar-refractivity contribution in [3.05, 3.63) is 23.4 Å². The monoisotopic (exact) mass is 322 g/mol. The number of likely N-dealkylation sites (tertiary alicyclic amines) is 1. The van der Waals surface area contributed by atoms with E-state index in [-0.39, 0.29) is 0 Å². The van der Waals surface area contributed by atoms with Gasteiger partial charge in [0.15, 0.2) is 0 Å². The van der Waals surface area contributed by atoms with Crippen molar-refractivity contribution in [2.45, 2.75) is 45.6 Å². The molecule has 0 amide bonds. The fourth-order valence-electron chi connectivity index (χ4n) is 3.55. The Balaban J connectivity index is 2.07. The molecule has 2 fully saturated rings. The normalized spacial score (nSPS) is 27.3. The lowest BCUT2D eigenvalue weighted by atomic mass is 9.93. The molecule has 2 atom stereocenters. The van der Waals surface area contributed by atoms with Gasteiger partial charge in [-0.3, -0.25) is 4.90 Å². The Morgan fingerprint density at radius 3 is 2.70 bits per heavy atom. The Kier molecular flexibility index (Phi) is 7.60. The number of ether oxygens (including phenoxy) is 2. The van der Waals surface area contributed by atoms with Crippen molar-refractivity contribution in [2.24, 2.45) is 17.6 Å². The first-order chi connectivity index (χ1) is 11.2. The second-order valence-electron chi connectivity index (χ2n) is 6.86. The van der Waals surface area contributed by atoms with E-state index in [1.807, 2.05) is 0 Å². The van der Waals surface area contributed by atoms with E-state index in [1.54, 1.807) is 7.11 Å². The van der Waals surface area contributed by atoms with Gasteiger partial charge in [0.2, 0.25) is 0 Å². The van der Waals surface area contributed by atoms with Crippen LogP contribution in [-0.4, -0.2) is 51.0 Å². The first-order valence-electron chi connectivity index (χ1n) is 9.17. The first kappa shape index (κ1) is 18.5. The summed E-state index contributed by atoms with van der Waals surface area (Å²) < 4.78 is 11.1. The van der Waals surface area contributed by atoms with E-state index in [1.165, 1.54) is 18.4 Å². The number of hydrogen-bond donors (Lipinski definition) is 1. The van der Waals surface area contributed by atoms with Crippen molar-refractivity contribution in [3.8, 4) is 0 Å². The maximum absolute atomic E-state index is 6.52. The lowest BCUT2D eigenvalue weighted by molar-refractivity contribution is 0.109. The van der Waals surface area contributed by atoms with Crippen molar-refractivity contribution in [2.75, 3.05) is 40.0 Å². The van der Waals surface area contributed by atoms with Crippen LogP contribution in [0.4, 0.5) is 0 Å². The second kappa shape index (κ2) is 9.45. The Morgan fingerprint density at radius 2 is 2.13 bits per heavy atom. The highest BCUT2D eigenvalue weighted by molar-refractivity contribution is 5.29. The molecule has 2 aliphatic rings. The number of allylic oxidation sites excluding steroid dienone is 2. The lowest BCUT2D eigenvalue weighted by Gasteiger charge is -2.20. The average Bonchev–Trinajstić information content (AvgIpc) is 3.23. The Bertz CT molecular complexity index is 410. The van der Waals surface area contributed by atoms with E-state index in [2.05, 4.69) is 30.9 Å². The Hall–Kier alpha value is -0.840. The highest BCUT2D eigenvalue weighted by atomic mass is 16.5. The van der Waals surface area contributed by atoms with Crippen molar-refractivity contribution in [1.82, 2.24) is 4.90 Å². The largest absolute Gasteiger partial charge is 0.401 e. The molecule has 4 heteroatoms. The van der Waals surface area contributed by atoms with Crippen LogP contribution in [0.3, 0.4) is 0 Å². The molecular weight excluding hydrogens is 288 g/mol. The molecule has 2 aliphatic heterocycles. The quantitative estimate of drug-likeness (QED) is 0.698. The van der Waals surface area contributed by atoms with Gasteiger partial charge in [0.05, 0.1) is 12.7 Å². The zero-order chi connectivity index (χ0) is 16.7. The number of rotatable bonds is 8. The van der Waals surface area contributed by atoms with Gasteiger partial charge in [-0.2, -0.15) is 0 Å². The molecule has 2 heterocycles. The fraction of sp³-hybridized carbons (Fsp3) is 0.789. The summed E-state index contributed by atoms with van der Waals surface area (Å²) in [5.41, 5.74) is 8.84. The minimum absolute atomic E-state index is 0.362. The van der Waals surface area contributed by atoms with Crippen LogP contribution >= 0.6 is 0 Å². The van der Waals surface area contributed by atoms with E-state index >= 15 is 0 Å². The third kappa shape index (κ3) is 5.33. The average molecular weight is 322 g/mol. The van der Waals surface area contributed by atoms with Crippen molar-refractivity contribution >= 4 is 0 Å². The summed E-state index contributed by atoms with van der Waals surface area (Å²) in [6.45, 7) is 9.07. The van der Waals surface area contributed by atoms with Crippen LogP contribution in [0.1, 0.15) is 39.5 Å². The predicted octanol–water partition coefficient (Wildman–Crippen LogP) is 2.95. The molecular formula is C19H34N2O2. The molecule has 0 aromatic heterocycles. The Morgan fingerprint density at radius 1 is 1.35 bits per heavy atom. The summed E-state index contributed by atoms with van der Waals surface area (Å²) in [6, 6.07) is 0. The summed E-state index contributed by atoms with van der Waals surface area (Å²) in [5, 5.41) is 0. The molecule has 0 radical (unpaired) electrons. The van der Waals surface area contributed by atoms with Gasteiger partial charge in [-0.25, -0.2) is 0 Å². The van der Waals surface area contributed by atoms with E-state index in [0.717, 1.165) is 51.4 Å². The molecule has 2 saturated heterocycles. The molecule has 4 nitrogen and oxygen atoms in total. The molecule has 0 aromatic rings. The maximum Gasteiger partial charge on any atom is 0.0710 e. The molecule has 0 aromatic carbocycles. The van der Waals surface area contributed by atoms with E-state index < -0.39 is 0 Å². The summed E-state index contributed by atoms with van der Waals surface area (Å²) >= 11 is 0. The van der Waals surface area contributed by atoms with Crippen LogP contribution < -0.4 is 5.73 Å². The fourth-order valence-corrected chi connectivity index (χ4v) is 3.55. The third-order valence-electron chi connectivity index (χ3n) is 5.29. The SMILES string of the molecule is CCC(/C=C\C(=C(/N)CN1CC[C@@H](OC)C1)C1CCOC1)CC. The van der Waals surface area contributed by atoms with Crippen molar-refractivity contribution in [1.29, 1.82) is 0 Å². The van der Waals surface area contributed by atoms with Gasteiger partial charge >= 0.3 is 0 Å². The predicted molar refractivity (Wildman–Crippen MR) is 95.2 cm³/mol. The van der Waals surface area contributed by atoms with E-state index in [4.69, 9.17) is 15.2 Å². The smallest absolute Gasteiger partial charge is 0.0710 e. The minimum atomic E-state index is 0.362. The minimum Gasteiger partial charge on any atom is -0.401 e. The zero-order valence-electron chi connectivity index (χ0n) is 15.1. The zero-order valence-corrected chi connectivity index (χ0v) is 15.1. The van der Waals surface area contributed by atoms with Crippen LogP contribution in [-0.2, 0) is 9.47 Å². The molecule has 0 aliphatic carbocycles. The molecule has 1 unspecified atom stereocenters. The van der Waals surface area contributed by atoms with Crippen LogP contribution in [0.25, 0.3) is 0 Å². The Labute approximate surface area is 141 Å². The first-order valence-corrected chi connectivity index (χ1v) is 9.17. The summed E-state index contributed by atoms with van der Waals surface area (Å²) in [5.74, 6) is 1.10. The highest BCUT2D eigenvalue weighted by Gasteiger charge is 2.25. The van der Waals surface area contributed by atoms with Gasteiger partial charge in [-0.05, 0) is 37.2 Å². The van der Waals surface area contributed by atoms with Gasteiger partial charge in [-0.15, -0.1) is 0 Å². The number of methoxy groups -OCH3 is 1. The highest BCUT2D eigenvalue weighted by Crippen LogP contribution is 2.26. The number of hydrogen-bond acceptors (Lipinski definition) is 4. The molecule has 132 valence electrons. The summed E-state index contributed by atoms with van der Waals surface area (Å²) in [7, 11) is 1.80. The lowest BCUT2D eigenvalue weighted by Crippen LogP contribution is -2.29. The summed E-state index contributed by atoms with van der Waals surface area (Å²) in [4.78, 5) is 2.41. The summed E-state index contributed by atoms with van der Waals surface area (Å²) in [6.07, 6.45) is 9.56. The van der Waals surface area contributed by atoms with Gasteiger partial charge in [0.25, 0.3) is 0 Å². The maximum atomic E-state index is 6.52. The van der Waals surface area contributed by atoms with E-state index in [0.29, 0.717) is 17.9 Å². The number of nitrogens with two attached hydrogens (primary N) is 1. The van der Waals surface area contributed by atoms with Gasteiger partial charge in [-0.1, -0.05) is 26.0 Å². The standard InChI is InChI=1S/C19H34N2O2/c1-4-15(5-2)6-7-18(16-9-11-23-14-16)19(20)13-21-10-8-17(12-21)22-3/h6-7,15-17H,4-5,8-14,20H2,1-3H3/b7-6-,19-18+/t16?,17-/m1/s1. The molecule has 0 bridgehead atoms. The second-order valence-corrected chi connectivity index (χ2v) is 6.86. The van der Waals surface area contributed by atoms with Gasteiger partial charge in [0, 0.05) is 45.0 Å². The van der Waals surface area contributed by atoms with Gasteiger partial charge < -0.3 is 15.2 Å². The van der Waals surface area contributed by atoms with Crippen LogP contribution in [0, 0.1) is 11.8 Å². The van der Waals surface area contributed by atoms with Crippen LogP contribution in [0.5, 0.6) is 0 Å². The van der Waals surface area contributed by atoms with E-state index in [9.17, 15) is 0 Å². The van der Waals surface area contributed by atoms with Crippen LogP contribution in [0.15, 0.2) is 23.4 Å². The molecule has 2 rings (SSSR count). The van der Waals surface area contributed by atoms with Gasteiger partial charge in [0.1, 0.15) is 0 Å². The third-order valence-corrected chi connectivity index (χ3v) is 5.29. The molecule has 2 N–H and O–H groups in total. The topological polar surface area (TPSA) is 47.7 Å². The van der Waals surface area contributed by atoms with Crippen LogP contribution in [0.2, 0.25) is 0 Å². The molecule has 0 saturated carbocycles. The molecule has 0 spiro atoms. The number of nitrogens with zero attached hydrogens (tertiary/aromatic N) is 1. The van der Waals surface area contributed by atoms with Crippen molar-refractivity contribution in [3.63, 3.8) is 0 Å². The molecule has 23 heavy (non-hydrogen) atoms. The van der Waals surface area contributed by atoms with Crippen molar-refractivity contribution < 1.29 is 9.47 Å².